The molecule has 0 spiro atoms. The third-order valence-corrected chi connectivity index (χ3v) is 2.08. The topological polar surface area (TPSA) is 9.23 Å². The first-order valence-corrected chi connectivity index (χ1v) is 6.14. The van der Waals surface area contributed by atoms with Crippen molar-refractivity contribution in [1.82, 2.24) is 0 Å². The molecular weight excluding hydrogens is 208 g/mol. The van der Waals surface area contributed by atoms with Crippen LogP contribution in [0, 0.1) is 5.41 Å². The molecule has 17 heavy (non-hydrogen) atoms. The van der Waals surface area contributed by atoms with Crippen molar-refractivity contribution in [2.45, 2.75) is 47.1 Å². The average Bonchev–Trinajstić information content (AvgIpc) is 2.13. The van der Waals surface area contributed by atoms with Gasteiger partial charge in [-0.15, -0.1) is 0 Å². The molecule has 1 aromatic rings. The van der Waals surface area contributed by atoms with Crippen LogP contribution in [0.25, 0.3) is 6.08 Å². The molecule has 0 saturated carbocycles. The number of allylic oxidation sites excluding steroid dienone is 1. The second-order valence-corrected chi connectivity index (χ2v) is 6.48. The Balaban J connectivity index is 2.72. The molecule has 1 rings (SSSR count). The van der Waals surface area contributed by atoms with Gasteiger partial charge in [-0.2, -0.15) is 0 Å². The average molecular weight is 232 g/mol. The number of benzene rings is 1. The Labute approximate surface area is 106 Å². The minimum Gasteiger partial charge on any atom is -0.488 e. The molecule has 0 bridgehead atoms. The Morgan fingerprint density at radius 3 is 1.82 bits per heavy atom. The summed E-state index contributed by atoms with van der Waals surface area (Å²) in [5.41, 5.74) is 1.30. The molecule has 0 aromatic heterocycles. The van der Waals surface area contributed by atoms with E-state index in [2.05, 4.69) is 65.8 Å². The summed E-state index contributed by atoms with van der Waals surface area (Å²) in [6, 6.07) is 8.22. The highest BCUT2D eigenvalue weighted by molar-refractivity contribution is 5.51. The van der Waals surface area contributed by atoms with Crippen LogP contribution in [0.4, 0.5) is 0 Å². The maximum absolute atomic E-state index is 5.78. The van der Waals surface area contributed by atoms with E-state index in [0.29, 0.717) is 0 Å². The van der Waals surface area contributed by atoms with Gasteiger partial charge in [-0.3, -0.25) is 0 Å². The van der Waals surface area contributed by atoms with Crippen LogP contribution >= 0.6 is 0 Å². The molecule has 0 N–H and O–H groups in total. The van der Waals surface area contributed by atoms with Crippen LogP contribution in [-0.2, 0) is 0 Å². The van der Waals surface area contributed by atoms with Gasteiger partial charge in [0.1, 0.15) is 11.4 Å². The molecule has 94 valence electrons. The van der Waals surface area contributed by atoms with E-state index < -0.39 is 0 Å². The van der Waals surface area contributed by atoms with E-state index in [1.54, 1.807) is 0 Å². The van der Waals surface area contributed by atoms with Crippen molar-refractivity contribution in [3.63, 3.8) is 0 Å². The summed E-state index contributed by atoms with van der Waals surface area (Å²) in [5, 5.41) is 0. The fourth-order valence-electron chi connectivity index (χ4n) is 1.35. The number of ether oxygens (including phenoxy) is 1. The van der Waals surface area contributed by atoms with E-state index in [1.165, 1.54) is 5.56 Å². The monoisotopic (exact) mass is 232 g/mol. The van der Waals surface area contributed by atoms with Crippen LogP contribution in [0.15, 0.2) is 30.3 Å². The first-order valence-electron chi connectivity index (χ1n) is 6.14. The van der Waals surface area contributed by atoms with Gasteiger partial charge in [0.25, 0.3) is 0 Å². The van der Waals surface area contributed by atoms with Gasteiger partial charge in [0.15, 0.2) is 0 Å². The van der Waals surface area contributed by atoms with Crippen molar-refractivity contribution in [3.05, 3.63) is 35.9 Å². The van der Waals surface area contributed by atoms with Crippen LogP contribution in [-0.4, -0.2) is 5.60 Å². The lowest BCUT2D eigenvalue weighted by atomic mass is 9.95. The Morgan fingerprint density at radius 2 is 1.41 bits per heavy atom. The molecule has 0 aliphatic rings. The minimum absolute atomic E-state index is 0.136. The lowest BCUT2D eigenvalue weighted by molar-refractivity contribution is 0.131. The summed E-state index contributed by atoms with van der Waals surface area (Å²) in [5.74, 6) is 0.922. The second kappa shape index (κ2) is 4.95. The summed E-state index contributed by atoms with van der Waals surface area (Å²) >= 11 is 0. The smallest absolute Gasteiger partial charge is 0.120 e. The van der Waals surface area contributed by atoms with E-state index >= 15 is 0 Å². The molecule has 0 saturated heterocycles. The number of hydrogen-bond acceptors (Lipinski definition) is 1. The van der Waals surface area contributed by atoms with Gasteiger partial charge < -0.3 is 4.74 Å². The molecule has 0 atom stereocenters. The first kappa shape index (κ1) is 13.8. The standard InChI is InChI=1S/C16H24O/c1-15(2,3)12-11-13-7-9-14(10-8-13)17-16(4,5)6/h7-12H,1-6H3/b12-11+. The Bertz CT molecular complexity index is 371. The van der Waals surface area contributed by atoms with Crippen LogP contribution in [0.2, 0.25) is 0 Å². The maximum Gasteiger partial charge on any atom is 0.120 e. The SMILES string of the molecule is CC(C)(C)/C=C/c1ccc(OC(C)(C)C)cc1. The van der Waals surface area contributed by atoms with Gasteiger partial charge in [-0.05, 0) is 43.9 Å². The predicted molar refractivity (Wildman–Crippen MR) is 75.3 cm³/mol. The molecule has 1 heteroatoms. The fraction of sp³-hybridized carbons (Fsp3) is 0.500. The number of rotatable bonds is 2. The maximum atomic E-state index is 5.78. The minimum atomic E-state index is -0.136. The van der Waals surface area contributed by atoms with Gasteiger partial charge in [-0.1, -0.05) is 45.1 Å². The van der Waals surface area contributed by atoms with Crippen molar-refractivity contribution < 1.29 is 4.74 Å². The van der Waals surface area contributed by atoms with Crippen LogP contribution in [0.5, 0.6) is 5.75 Å². The summed E-state index contributed by atoms with van der Waals surface area (Å²) in [7, 11) is 0. The zero-order chi connectivity index (χ0) is 13.1. The van der Waals surface area contributed by atoms with Gasteiger partial charge in [-0.25, -0.2) is 0 Å². The molecule has 1 aromatic carbocycles. The lowest BCUT2D eigenvalue weighted by Gasteiger charge is -2.21. The normalized spacial score (nSPS) is 13.1. The molecule has 0 unspecified atom stereocenters. The van der Waals surface area contributed by atoms with Gasteiger partial charge >= 0.3 is 0 Å². The molecule has 0 amide bonds. The summed E-state index contributed by atoms with van der Waals surface area (Å²) in [6.07, 6.45) is 4.37. The predicted octanol–water partition coefficient (Wildman–Crippen LogP) is 4.92. The molecule has 0 radical (unpaired) electrons. The van der Waals surface area contributed by atoms with Crippen LogP contribution in [0.3, 0.4) is 0 Å². The second-order valence-electron chi connectivity index (χ2n) is 6.48. The first-order chi connectivity index (χ1) is 7.66. The van der Waals surface area contributed by atoms with Crippen molar-refractivity contribution in [2.75, 3.05) is 0 Å². The van der Waals surface area contributed by atoms with Crippen molar-refractivity contribution >= 4 is 6.08 Å². The number of hydrogen-bond donors (Lipinski definition) is 0. The molecular formula is C16H24O. The van der Waals surface area contributed by atoms with E-state index in [0.717, 1.165) is 5.75 Å². The summed E-state index contributed by atoms with van der Waals surface area (Å²) < 4.78 is 5.78. The van der Waals surface area contributed by atoms with Gasteiger partial charge in [0.05, 0.1) is 0 Å². The zero-order valence-corrected chi connectivity index (χ0v) is 11.9. The highest BCUT2D eigenvalue weighted by Crippen LogP contribution is 2.21. The molecule has 0 aliphatic carbocycles. The van der Waals surface area contributed by atoms with Gasteiger partial charge in [0, 0.05) is 0 Å². The Hall–Kier alpha value is -1.24. The van der Waals surface area contributed by atoms with E-state index in [4.69, 9.17) is 4.74 Å². The largest absolute Gasteiger partial charge is 0.488 e. The molecule has 0 fully saturated rings. The highest BCUT2D eigenvalue weighted by atomic mass is 16.5. The molecule has 0 heterocycles. The van der Waals surface area contributed by atoms with Crippen LogP contribution < -0.4 is 4.74 Å². The van der Waals surface area contributed by atoms with Crippen molar-refractivity contribution in [1.29, 1.82) is 0 Å². The van der Waals surface area contributed by atoms with Crippen molar-refractivity contribution in [2.24, 2.45) is 5.41 Å². The van der Waals surface area contributed by atoms with Crippen LogP contribution in [0.1, 0.15) is 47.1 Å². The highest BCUT2D eigenvalue weighted by Gasteiger charge is 2.11. The quantitative estimate of drug-likeness (QED) is 0.703. The van der Waals surface area contributed by atoms with E-state index in [9.17, 15) is 0 Å². The zero-order valence-electron chi connectivity index (χ0n) is 11.9. The Morgan fingerprint density at radius 1 is 0.882 bits per heavy atom. The molecule has 1 nitrogen and oxygen atoms in total. The van der Waals surface area contributed by atoms with Gasteiger partial charge in [0.2, 0.25) is 0 Å². The Kier molecular flexibility index (Phi) is 4.03. The third kappa shape index (κ3) is 6.15. The third-order valence-electron chi connectivity index (χ3n) is 2.08. The van der Waals surface area contributed by atoms with E-state index in [1.807, 2.05) is 12.1 Å². The molecule has 0 aliphatic heterocycles. The van der Waals surface area contributed by atoms with Crippen molar-refractivity contribution in [3.8, 4) is 5.75 Å². The summed E-state index contributed by atoms with van der Waals surface area (Å²) in [6.45, 7) is 12.8. The lowest BCUT2D eigenvalue weighted by Crippen LogP contribution is -2.22. The van der Waals surface area contributed by atoms with E-state index in [-0.39, 0.29) is 11.0 Å². The summed E-state index contributed by atoms with van der Waals surface area (Å²) in [4.78, 5) is 0. The fourth-order valence-corrected chi connectivity index (χ4v) is 1.35.